The van der Waals surface area contributed by atoms with E-state index in [0.29, 0.717) is 0 Å². The van der Waals surface area contributed by atoms with E-state index in [0.717, 1.165) is 55.0 Å². The molecule has 1 fully saturated rings. The summed E-state index contributed by atoms with van der Waals surface area (Å²) in [6.07, 6.45) is 6.63. The molecule has 1 aliphatic heterocycles. The summed E-state index contributed by atoms with van der Waals surface area (Å²) in [5, 5.41) is 1.10. The first-order valence-corrected chi connectivity index (χ1v) is 10.8. The van der Waals surface area contributed by atoms with Crippen LogP contribution in [0, 0.1) is 5.92 Å². The van der Waals surface area contributed by atoms with Gasteiger partial charge in [0.25, 0.3) is 0 Å². The summed E-state index contributed by atoms with van der Waals surface area (Å²) < 4.78 is 5.83. The van der Waals surface area contributed by atoms with Crippen LogP contribution in [0.1, 0.15) is 34.4 Å². The van der Waals surface area contributed by atoms with E-state index >= 15 is 0 Å². The first-order valence-electron chi connectivity index (χ1n) is 10.0. The number of aromatic nitrogens is 1. The number of nitrogen functional groups attached to an aromatic ring is 1. The molecule has 0 unspecified atom stereocenters. The molecule has 3 aromatic rings. The van der Waals surface area contributed by atoms with Gasteiger partial charge in [0.2, 0.25) is 0 Å². The molecular formula is C23H25N3OS. The maximum atomic E-state index is 5.96. The van der Waals surface area contributed by atoms with Crippen LogP contribution in [0.2, 0.25) is 0 Å². The van der Waals surface area contributed by atoms with E-state index in [1.807, 2.05) is 12.3 Å². The fourth-order valence-electron chi connectivity index (χ4n) is 3.67. The van der Waals surface area contributed by atoms with Crippen molar-refractivity contribution in [1.82, 2.24) is 4.98 Å². The van der Waals surface area contributed by atoms with Gasteiger partial charge < -0.3 is 15.4 Å². The third kappa shape index (κ3) is 3.99. The molecular weight excluding hydrogens is 366 g/mol. The summed E-state index contributed by atoms with van der Waals surface area (Å²) in [5.41, 5.74) is 10.8. The number of hydrogen-bond acceptors (Lipinski definition) is 5. The van der Waals surface area contributed by atoms with Crippen molar-refractivity contribution >= 4 is 22.2 Å². The van der Waals surface area contributed by atoms with Crippen molar-refractivity contribution in [2.24, 2.45) is 5.92 Å². The summed E-state index contributed by atoms with van der Waals surface area (Å²) in [6.45, 7) is 2.76. The first kappa shape index (κ1) is 17.6. The van der Waals surface area contributed by atoms with Crippen LogP contribution in [0.4, 0.5) is 10.8 Å². The molecule has 2 aliphatic rings. The maximum absolute atomic E-state index is 5.96. The fraction of sp³-hybridized carbons (Fsp3) is 0.348. The predicted octanol–water partition coefficient (Wildman–Crippen LogP) is 4.67. The highest BCUT2D eigenvalue weighted by Gasteiger charge is 2.22. The molecule has 2 heterocycles. The van der Waals surface area contributed by atoms with Gasteiger partial charge in [0, 0.05) is 36.3 Å². The lowest BCUT2D eigenvalue weighted by molar-refractivity contribution is 0.299. The lowest BCUT2D eigenvalue weighted by Crippen LogP contribution is -2.30. The van der Waals surface area contributed by atoms with Crippen molar-refractivity contribution in [2.45, 2.75) is 32.2 Å². The van der Waals surface area contributed by atoms with Crippen LogP contribution in [-0.2, 0) is 19.4 Å². The summed E-state index contributed by atoms with van der Waals surface area (Å²) in [6, 6.07) is 14.8. The van der Waals surface area contributed by atoms with Gasteiger partial charge in [-0.1, -0.05) is 18.2 Å². The Morgan fingerprint density at radius 2 is 1.96 bits per heavy atom. The zero-order valence-electron chi connectivity index (χ0n) is 15.9. The van der Waals surface area contributed by atoms with E-state index in [1.165, 1.54) is 34.4 Å². The van der Waals surface area contributed by atoms with Crippen LogP contribution in [0.15, 0.2) is 48.7 Å². The molecule has 0 bridgehead atoms. The van der Waals surface area contributed by atoms with Crippen LogP contribution in [0.25, 0.3) is 0 Å². The maximum Gasteiger partial charge on any atom is 0.185 e. The van der Waals surface area contributed by atoms with Gasteiger partial charge in [-0.25, -0.2) is 4.98 Å². The molecule has 1 aliphatic carbocycles. The minimum Gasteiger partial charge on any atom is -0.493 e. The smallest absolute Gasteiger partial charge is 0.185 e. The third-order valence-electron chi connectivity index (χ3n) is 5.54. The van der Waals surface area contributed by atoms with Crippen LogP contribution in [0.5, 0.6) is 5.75 Å². The van der Waals surface area contributed by atoms with Crippen molar-refractivity contribution in [2.75, 3.05) is 23.8 Å². The summed E-state index contributed by atoms with van der Waals surface area (Å²) in [5.74, 6) is 1.76. The second kappa shape index (κ2) is 7.47. The lowest BCUT2D eigenvalue weighted by atomic mass is 9.99. The third-order valence-corrected chi connectivity index (χ3v) is 6.60. The highest BCUT2D eigenvalue weighted by Crippen LogP contribution is 2.31. The number of nitrogens with two attached hydrogens (primary N) is 1. The van der Waals surface area contributed by atoms with E-state index in [4.69, 9.17) is 15.5 Å². The second-order valence-electron chi connectivity index (χ2n) is 7.88. The highest BCUT2D eigenvalue weighted by molar-refractivity contribution is 7.15. The number of ether oxygens (including phenoxy) is 1. The highest BCUT2D eigenvalue weighted by atomic mass is 32.1. The van der Waals surface area contributed by atoms with Crippen molar-refractivity contribution in [3.05, 3.63) is 70.2 Å². The average molecular weight is 392 g/mol. The van der Waals surface area contributed by atoms with Gasteiger partial charge in [-0.05, 0) is 66.1 Å². The Bertz CT molecular complexity index is 962. The van der Waals surface area contributed by atoms with Gasteiger partial charge in [-0.2, -0.15) is 0 Å². The van der Waals surface area contributed by atoms with E-state index in [-0.39, 0.29) is 0 Å². The minimum atomic E-state index is 0.786. The summed E-state index contributed by atoms with van der Waals surface area (Å²) in [7, 11) is 0. The summed E-state index contributed by atoms with van der Waals surface area (Å²) in [4.78, 5) is 8.35. The Morgan fingerprint density at radius 3 is 2.79 bits per heavy atom. The van der Waals surface area contributed by atoms with Gasteiger partial charge in [0.15, 0.2) is 5.13 Å². The molecule has 1 saturated carbocycles. The standard InChI is InChI=1S/C23H25N3OS/c24-20-6-5-18-9-10-26(14-19(18)12-20)23-25-13-22(28-23)11-16-3-7-21(8-4-16)27-15-17-1-2-17/h3-8,12-13,17H,1-2,9-11,14-15,24H2. The lowest BCUT2D eigenvalue weighted by Gasteiger charge is -2.28. The predicted molar refractivity (Wildman–Crippen MR) is 115 cm³/mol. The zero-order valence-corrected chi connectivity index (χ0v) is 16.8. The number of fused-ring (bicyclic) bond motifs is 1. The van der Waals surface area contributed by atoms with E-state index in [2.05, 4.69) is 41.3 Å². The molecule has 2 aromatic carbocycles. The van der Waals surface area contributed by atoms with Crippen LogP contribution in [0.3, 0.4) is 0 Å². The Balaban J connectivity index is 1.22. The fourth-order valence-corrected chi connectivity index (χ4v) is 4.64. The quantitative estimate of drug-likeness (QED) is 0.621. The number of nitrogens with zero attached hydrogens (tertiary/aromatic N) is 2. The number of benzene rings is 2. The molecule has 0 atom stereocenters. The van der Waals surface area contributed by atoms with E-state index < -0.39 is 0 Å². The molecule has 5 heteroatoms. The Morgan fingerprint density at radius 1 is 1.11 bits per heavy atom. The van der Waals surface area contributed by atoms with Gasteiger partial charge in [-0.3, -0.25) is 0 Å². The molecule has 2 N–H and O–H groups in total. The molecule has 0 spiro atoms. The number of thiazole rings is 1. The Kier molecular flexibility index (Phi) is 4.69. The Hall–Kier alpha value is -2.53. The van der Waals surface area contributed by atoms with E-state index in [1.54, 1.807) is 11.3 Å². The zero-order chi connectivity index (χ0) is 18.9. The molecule has 0 amide bonds. The normalized spacial score (nSPS) is 16.1. The van der Waals surface area contributed by atoms with E-state index in [9.17, 15) is 0 Å². The van der Waals surface area contributed by atoms with Gasteiger partial charge in [0.05, 0.1) is 6.61 Å². The molecule has 0 saturated heterocycles. The largest absolute Gasteiger partial charge is 0.493 e. The number of hydrogen-bond donors (Lipinski definition) is 1. The molecule has 144 valence electrons. The van der Waals surface area contributed by atoms with Crippen LogP contribution >= 0.6 is 11.3 Å². The molecule has 28 heavy (non-hydrogen) atoms. The van der Waals surface area contributed by atoms with Crippen molar-refractivity contribution < 1.29 is 4.74 Å². The molecule has 5 rings (SSSR count). The molecule has 0 radical (unpaired) electrons. The Labute approximate surface area is 170 Å². The second-order valence-corrected chi connectivity index (χ2v) is 8.98. The summed E-state index contributed by atoms with van der Waals surface area (Å²) >= 11 is 1.79. The number of anilines is 2. The SMILES string of the molecule is Nc1ccc2c(c1)CN(c1ncc(Cc3ccc(OCC4CC4)cc3)s1)CC2. The van der Waals surface area contributed by atoms with Crippen molar-refractivity contribution in [3.8, 4) is 5.75 Å². The first-order chi connectivity index (χ1) is 13.7. The monoisotopic (exact) mass is 391 g/mol. The van der Waals surface area contributed by atoms with Gasteiger partial charge >= 0.3 is 0 Å². The molecule has 4 nitrogen and oxygen atoms in total. The minimum absolute atomic E-state index is 0.786. The topological polar surface area (TPSA) is 51.4 Å². The average Bonchev–Trinajstić information content (AvgIpc) is 3.43. The van der Waals surface area contributed by atoms with Crippen LogP contribution in [-0.4, -0.2) is 18.1 Å². The number of rotatable bonds is 6. The van der Waals surface area contributed by atoms with Gasteiger partial charge in [-0.15, -0.1) is 11.3 Å². The van der Waals surface area contributed by atoms with Crippen molar-refractivity contribution in [1.29, 1.82) is 0 Å². The molecule has 1 aromatic heterocycles. The van der Waals surface area contributed by atoms with Crippen molar-refractivity contribution in [3.63, 3.8) is 0 Å². The van der Waals surface area contributed by atoms with Gasteiger partial charge in [0.1, 0.15) is 5.75 Å². The van der Waals surface area contributed by atoms with Crippen LogP contribution < -0.4 is 15.4 Å².